The third-order valence-corrected chi connectivity index (χ3v) is 3.14. The minimum Gasteiger partial charge on any atom is -0.475 e. The topological polar surface area (TPSA) is 102 Å². The van der Waals surface area contributed by atoms with Crippen LogP contribution in [0.5, 0.6) is 0 Å². The van der Waals surface area contributed by atoms with Crippen LogP contribution in [0.15, 0.2) is 4.52 Å². The Labute approximate surface area is 86.5 Å². The molecule has 1 saturated carbocycles. The molecule has 1 aromatic heterocycles. The van der Waals surface area contributed by atoms with E-state index in [0.29, 0.717) is 5.89 Å². The van der Waals surface area contributed by atoms with Crippen molar-refractivity contribution in [1.82, 2.24) is 10.1 Å². The zero-order valence-corrected chi connectivity index (χ0v) is 8.43. The molecule has 6 nitrogen and oxygen atoms in total. The van der Waals surface area contributed by atoms with Crippen molar-refractivity contribution < 1.29 is 14.4 Å². The van der Waals surface area contributed by atoms with Crippen LogP contribution in [-0.4, -0.2) is 27.3 Å². The molecule has 1 aliphatic carbocycles. The molecular formula is C9H13N3O3. The summed E-state index contributed by atoms with van der Waals surface area (Å²) in [6.07, 6.45) is 2.76. The van der Waals surface area contributed by atoms with Crippen molar-refractivity contribution in [1.29, 1.82) is 0 Å². The van der Waals surface area contributed by atoms with Crippen molar-refractivity contribution in [3.63, 3.8) is 0 Å². The molecule has 1 aliphatic rings. The highest BCUT2D eigenvalue weighted by Crippen LogP contribution is 2.38. The molecule has 1 fully saturated rings. The van der Waals surface area contributed by atoms with Gasteiger partial charge < -0.3 is 15.4 Å². The van der Waals surface area contributed by atoms with Gasteiger partial charge >= 0.3 is 5.97 Å². The summed E-state index contributed by atoms with van der Waals surface area (Å²) in [5.74, 6) is -1.14. The van der Waals surface area contributed by atoms with Crippen molar-refractivity contribution in [2.45, 2.75) is 37.6 Å². The summed E-state index contributed by atoms with van der Waals surface area (Å²) in [5, 5.41) is 12.1. The highest BCUT2D eigenvalue weighted by Gasteiger charge is 2.43. The van der Waals surface area contributed by atoms with Gasteiger partial charge in [0.15, 0.2) is 0 Å². The molecule has 15 heavy (non-hydrogen) atoms. The maximum atomic E-state index is 10.6. The average molecular weight is 211 g/mol. The van der Waals surface area contributed by atoms with E-state index in [1.165, 1.54) is 0 Å². The maximum Gasteiger partial charge on any atom is 0.377 e. The Morgan fingerprint density at radius 1 is 1.73 bits per heavy atom. The lowest BCUT2D eigenvalue weighted by Gasteiger charge is -2.23. The van der Waals surface area contributed by atoms with Crippen molar-refractivity contribution >= 4 is 5.97 Å². The molecule has 82 valence electrons. The predicted octanol–water partition coefficient (Wildman–Crippen LogP) is 0.537. The van der Waals surface area contributed by atoms with Crippen LogP contribution in [0.1, 0.15) is 42.7 Å². The van der Waals surface area contributed by atoms with Gasteiger partial charge in [0.05, 0.1) is 5.41 Å². The third-order valence-electron chi connectivity index (χ3n) is 3.14. The Balaban J connectivity index is 2.32. The molecule has 1 aromatic rings. The van der Waals surface area contributed by atoms with Crippen molar-refractivity contribution in [2.24, 2.45) is 5.73 Å². The van der Waals surface area contributed by atoms with Gasteiger partial charge in [0.2, 0.25) is 5.89 Å². The summed E-state index contributed by atoms with van der Waals surface area (Å²) in [4.78, 5) is 14.5. The largest absolute Gasteiger partial charge is 0.475 e. The van der Waals surface area contributed by atoms with E-state index in [1.807, 2.05) is 6.92 Å². The SMILES string of the molecule is CC1(c2nc(C(=O)O)no2)CCCC1N. The van der Waals surface area contributed by atoms with E-state index in [9.17, 15) is 4.79 Å². The number of nitrogens with zero attached hydrogens (tertiary/aromatic N) is 2. The van der Waals surface area contributed by atoms with Gasteiger partial charge in [0.25, 0.3) is 5.82 Å². The first-order valence-electron chi connectivity index (χ1n) is 4.87. The van der Waals surface area contributed by atoms with Crippen LogP contribution in [0.2, 0.25) is 0 Å². The van der Waals surface area contributed by atoms with Gasteiger partial charge in [-0.05, 0) is 24.9 Å². The molecule has 0 amide bonds. The lowest BCUT2D eigenvalue weighted by Crippen LogP contribution is -2.38. The van der Waals surface area contributed by atoms with Crippen molar-refractivity contribution in [3.05, 3.63) is 11.7 Å². The summed E-state index contributed by atoms with van der Waals surface area (Å²) in [7, 11) is 0. The average Bonchev–Trinajstić information content (AvgIpc) is 2.75. The summed E-state index contributed by atoms with van der Waals surface area (Å²) >= 11 is 0. The fourth-order valence-corrected chi connectivity index (χ4v) is 2.00. The third kappa shape index (κ3) is 1.50. The number of nitrogens with two attached hydrogens (primary N) is 1. The first-order chi connectivity index (χ1) is 7.04. The summed E-state index contributed by atoms with van der Waals surface area (Å²) in [6, 6.07) is -0.0420. The lowest BCUT2D eigenvalue weighted by atomic mass is 9.85. The van der Waals surface area contributed by atoms with E-state index >= 15 is 0 Å². The fourth-order valence-electron chi connectivity index (χ4n) is 2.00. The Morgan fingerprint density at radius 3 is 2.93 bits per heavy atom. The first kappa shape index (κ1) is 10.1. The Morgan fingerprint density at radius 2 is 2.47 bits per heavy atom. The maximum absolute atomic E-state index is 10.6. The number of rotatable bonds is 2. The Kier molecular flexibility index (Phi) is 2.22. The van der Waals surface area contributed by atoms with E-state index in [0.717, 1.165) is 19.3 Å². The van der Waals surface area contributed by atoms with Gasteiger partial charge in [-0.1, -0.05) is 6.42 Å². The lowest BCUT2D eigenvalue weighted by molar-refractivity contribution is 0.0680. The van der Waals surface area contributed by atoms with Crippen LogP contribution in [-0.2, 0) is 5.41 Å². The van der Waals surface area contributed by atoms with Gasteiger partial charge in [-0.3, -0.25) is 0 Å². The second kappa shape index (κ2) is 3.30. The van der Waals surface area contributed by atoms with Crippen molar-refractivity contribution in [2.75, 3.05) is 0 Å². The summed E-state index contributed by atoms with van der Waals surface area (Å²) < 4.78 is 4.96. The number of carboxylic acid groups (broad SMARTS) is 1. The Hall–Kier alpha value is -1.43. The summed E-state index contributed by atoms with van der Waals surface area (Å²) in [6.45, 7) is 1.93. The van der Waals surface area contributed by atoms with Gasteiger partial charge in [0.1, 0.15) is 0 Å². The smallest absolute Gasteiger partial charge is 0.377 e. The second-order valence-corrected chi connectivity index (χ2v) is 4.14. The zero-order chi connectivity index (χ0) is 11.1. The van der Waals surface area contributed by atoms with E-state index in [-0.39, 0.29) is 17.3 Å². The van der Waals surface area contributed by atoms with Gasteiger partial charge in [-0.15, -0.1) is 0 Å². The molecule has 0 spiro atoms. The molecule has 2 atom stereocenters. The van der Waals surface area contributed by atoms with Crippen LogP contribution in [0.3, 0.4) is 0 Å². The van der Waals surface area contributed by atoms with E-state index in [1.54, 1.807) is 0 Å². The number of aromatic nitrogens is 2. The van der Waals surface area contributed by atoms with Crippen LogP contribution >= 0.6 is 0 Å². The minimum absolute atomic E-state index is 0.0420. The van der Waals surface area contributed by atoms with Crippen LogP contribution in [0.4, 0.5) is 0 Å². The quantitative estimate of drug-likeness (QED) is 0.740. The molecule has 2 unspecified atom stereocenters. The molecule has 1 heterocycles. The molecule has 6 heteroatoms. The summed E-state index contributed by atoms with van der Waals surface area (Å²) in [5.41, 5.74) is 5.58. The fraction of sp³-hybridized carbons (Fsp3) is 0.667. The molecular weight excluding hydrogens is 198 g/mol. The molecule has 0 bridgehead atoms. The first-order valence-corrected chi connectivity index (χ1v) is 4.87. The Bertz CT molecular complexity index is 390. The second-order valence-electron chi connectivity index (χ2n) is 4.14. The van der Waals surface area contributed by atoms with Gasteiger partial charge in [0, 0.05) is 6.04 Å². The molecule has 2 rings (SSSR count). The van der Waals surface area contributed by atoms with Crippen LogP contribution < -0.4 is 5.73 Å². The van der Waals surface area contributed by atoms with E-state index < -0.39 is 5.97 Å². The number of hydrogen-bond donors (Lipinski definition) is 2. The monoisotopic (exact) mass is 211 g/mol. The minimum atomic E-state index is -1.18. The number of carboxylic acids is 1. The van der Waals surface area contributed by atoms with E-state index in [4.69, 9.17) is 15.4 Å². The molecule has 0 radical (unpaired) electrons. The van der Waals surface area contributed by atoms with E-state index in [2.05, 4.69) is 10.1 Å². The molecule has 0 aromatic carbocycles. The normalized spacial score (nSPS) is 30.7. The highest BCUT2D eigenvalue weighted by atomic mass is 16.5. The zero-order valence-electron chi connectivity index (χ0n) is 8.43. The number of aromatic carboxylic acids is 1. The molecule has 3 N–H and O–H groups in total. The number of carbonyl (C=O) groups is 1. The van der Waals surface area contributed by atoms with Gasteiger partial charge in [-0.2, -0.15) is 4.98 Å². The van der Waals surface area contributed by atoms with Crippen molar-refractivity contribution in [3.8, 4) is 0 Å². The number of hydrogen-bond acceptors (Lipinski definition) is 5. The van der Waals surface area contributed by atoms with Gasteiger partial charge in [-0.25, -0.2) is 4.79 Å². The molecule has 0 aliphatic heterocycles. The standard InChI is InChI=1S/C9H13N3O3/c1-9(4-2-3-5(9)10)8-11-6(7(13)14)12-15-8/h5H,2-4,10H2,1H3,(H,13,14). The highest BCUT2D eigenvalue weighted by molar-refractivity contribution is 5.82. The molecule has 0 saturated heterocycles. The van der Waals surface area contributed by atoms with Crippen LogP contribution in [0.25, 0.3) is 0 Å². The predicted molar refractivity (Wildman–Crippen MR) is 50.4 cm³/mol. The van der Waals surface area contributed by atoms with Crippen LogP contribution in [0, 0.1) is 0 Å².